The molecule has 0 radical (unpaired) electrons. The maximum atomic E-state index is 5.98. The Bertz CT molecular complexity index is 461. The Morgan fingerprint density at radius 3 is 2.62 bits per heavy atom. The van der Waals surface area contributed by atoms with Gasteiger partial charge in [0, 0.05) is 12.2 Å². The van der Waals surface area contributed by atoms with Crippen LogP contribution >= 0.6 is 15.9 Å². The van der Waals surface area contributed by atoms with Crippen molar-refractivity contribution in [3.8, 4) is 11.5 Å². The topological polar surface area (TPSA) is 39.7 Å². The maximum absolute atomic E-state index is 5.98. The van der Waals surface area contributed by atoms with Gasteiger partial charge in [-0.05, 0) is 53.9 Å². The van der Waals surface area contributed by atoms with Crippen molar-refractivity contribution in [2.75, 3.05) is 27.4 Å². The van der Waals surface area contributed by atoms with Crippen LogP contribution in [0.3, 0.4) is 0 Å². The second-order valence-electron chi connectivity index (χ2n) is 5.17. The number of benzene rings is 1. The summed E-state index contributed by atoms with van der Waals surface area (Å²) in [7, 11) is 3.37. The van der Waals surface area contributed by atoms with E-state index >= 15 is 0 Å². The molecule has 1 N–H and O–H groups in total. The fourth-order valence-electron chi connectivity index (χ4n) is 2.82. The molecule has 0 aromatic heterocycles. The van der Waals surface area contributed by atoms with Gasteiger partial charge in [0.2, 0.25) is 0 Å². The highest BCUT2D eigenvalue weighted by molar-refractivity contribution is 9.10. The van der Waals surface area contributed by atoms with Crippen molar-refractivity contribution in [1.29, 1.82) is 0 Å². The van der Waals surface area contributed by atoms with E-state index in [0.29, 0.717) is 0 Å². The SMILES string of the molecule is CCNC(c1cc(OC)c(Br)cc1OC)C1CCCCO1. The van der Waals surface area contributed by atoms with Crippen molar-refractivity contribution in [2.45, 2.75) is 38.3 Å². The summed E-state index contributed by atoms with van der Waals surface area (Å²) in [4.78, 5) is 0. The molecule has 0 bridgehead atoms. The molecule has 1 saturated heterocycles. The molecule has 2 atom stereocenters. The quantitative estimate of drug-likeness (QED) is 0.842. The fraction of sp³-hybridized carbons (Fsp3) is 0.625. The van der Waals surface area contributed by atoms with E-state index in [1.54, 1.807) is 14.2 Å². The first-order chi connectivity index (χ1) is 10.2. The van der Waals surface area contributed by atoms with E-state index in [4.69, 9.17) is 14.2 Å². The number of ether oxygens (including phenoxy) is 3. The van der Waals surface area contributed by atoms with E-state index in [0.717, 1.165) is 47.5 Å². The van der Waals surface area contributed by atoms with Crippen LogP contribution in [0.15, 0.2) is 16.6 Å². The Morgan fingerprint density at radius 2 is 2.05 bits per heavy atom. The predicted molar refractivity (Wildman–Crippen MR) is 87.3 cm³/mol. The van der Waals surface area contributed by atoms with E-state index in [2.05, 4.69) is 28.2 Å². The van der Waals surface area contributed by atoms with Gasteiger partial charge < -0.3 is 19.5 Å². The second kappa shape index (κ2) is 8.01. The molecule has 1 heterocycles. The zero-order valence-electron chi connectivity index (χ0n) is 12.9. The van der Waals surface area contributed by atoms with Gasteiger partial charge in [0.05, 0.1) is 30.8 Å². The van der Waals surface area contributed by atoms with Crippen LogP contribution in [-0.4, -0.2) is 33.5 Å². The lowest BCUT2D eigenvalue weighted by atomic mass is 9.94. The third kappa shape index (κ3) is 3.90. The molecule has 2 unspecified atom stereocenters. The average Bonchev–Trinajstić information content (AvgIpc) is 2.53. The molecule has 5 heteroatoms. The summed E-state index contributed by atoms with van der Waals surface area (Å²) in [5.41, 5.74) is 1.09. The smallest absolute Gasteiger partial charge is 0.133 e. The maximum Gasteiger partial charge on any atom is 0.133 e. The number of rotatable bonds is 6. The lowest BCUT2D eigenvalue weighted by Crippen LogP contribution is -2.36. The Morgan fingerprint density at radius 1 is 1.29 bits per heavy atom. The minimum absolute atomic E-state index is 0.118. The molecular weight excluding hydrogens is 334 g/mol. The Kier molecular flexibility index (Phi) is 6.33. The molecule has 4 nitrogen and oxygen atoms in total. The van der Waals surface area contributed by atoms with Crippen LogP contribution in [-0.2, 0) is 4.74 Å². The first kappa shape index (κ1) is 16.6. The van der Waals surface area contributed by atoms with Crippen molar-refractivity contribution in [1.82, 2.24) is 5.32 Å². The molecule has 0 spiro atoms. The summed E-state index contributed by atoms with van der Waals surface area (Å²) in [5.74, 6) is 1.66. The van der Waals surface area contributed by atoms with Gasteiger partial charge in [0.25, 0.3) is 0 Å². The standard InChI is InChI=1S/C16H24BrNO3/c1-4-18-16(13-7-5-6-8-21-13)11-9-15(20-3)12(17)10-14(11)19-2/h9-10,13,16,18H,4-8H2,1-3H3. The van der Waals surface area contributed by atoms with E-state index < -0.39 is 0 Å². The van der Waals surface area contributed by atoms with Crippen molar-refractivity contribution >= 4 is 15.9 Å². The molecule has 1 aromatic carbocycles. The van der Waals surface area contributed by atoms with Gasteiger partial charge in [-0.2, -0.15) is 0 Å². The van der Waals surface area contributed by atoms with Gasteiger partial charge in [-0.1, -0.05) is 6.92 Å². The molecule has 1 fully saturated rings. The zero-order chi connectivity index (χ0) is 15.2. The summed E-state index contributed by atoms with van der Waals surface area (Å²) in [6.07, 6.45) is 3.61. The molecule has 0 saturated carbocycles. The fourth-order valence-corrected chi connectivity index (χ4v) is 3.30. The van der Waals surface area contributed by atoms with Crippen molar-refractivity contribution in [2.24, 2.45) is 0 Å². The van der Waals surface area contributed by atoms with Crippen molar-refractivity contribution in [3.05, 3.63) is 22.2 Å². The summed E-state index contributed by atoms with van der Waals surface area (Å²) >= 11 is 3.51. The number of nitrogens with one attached hydrogen (secondary N) is 1. The number of hydrogen-bond donors (Lipinski definition) is 1. The first-order valence-corrected chi connectivity index (χ1v) is 8.27. The monoisotopic (exact) mass is 357 g/mol. The third-order valence-electron chi connectivity index (χ3n) is 3.85. The molecule has 0 aliphatic carbocycles. The average molecular weight is 358 g/mol. The normalized spacial score (nSPS) is 20.1. The number of likely N-dealkylation sites (N-methyl/N-ethyl adjacent to an activating group) is 1. The highest BCUT2D eigenvalue weighted by Crippen LogP contribution is 2.38. The molecule has 2 rings (SSSR count). The number of methoxy groups -OCH3 is 2. The molecular formula is C16H24BrNO3. The van der Waals surface area contributed by atoms with Gasteiger partial charge in [0.1, 0.15) is 11.5 Å². The van der Waals surface area contributed by atoms with E-state index in [-0.39, 0.29) is 12.1 Å². The molecule has 118 valence electrons. The lowest BCUT2D eigenvalue weighted by Gasteiger charge is -2.32. The lowest BCUT2D eigenvalue weighted by molar-refractivity contribution is -0.00833. The predicted octanol–water partition coefficient (Wildman–Crippen LogP) is 3.69. The van der Waals surface area contributed by atoms with Crippen LogP contribution < -0.4 is 14.8 Å². The minimum atomic E-state index is 0.118. The molecule has 0 amide bonds. The van der Waals surface area contributed by atoms with Crippen molar-refractivity contribution < 1.29 is 14.2 Å². The molecule has 1 aliphatic heterocycles. The minimum Gasteiger partial charge on any atom is -0.496 e. The summed E-state index contributed by atoms with van der Waals surface area (Å²) in [6.45, 7) is 3.83. The van der Waals surface area contributed by atoms with Gasteiger partial charge in [-0.25, -0.2) is 0 Å². The van der Waals surface area contributed by atoms with E-state index in [9.17, 15) is 0 Å². The van der Waals surface area contributed by atoms with E-state index in [1.807, 2.05) is 12.1 Å². The number of halogens is 1. The summed E-state index contributed by atoms with van der Waals surface area (Å²) < 4.78 is 17.9. The van der Waals surface area contributed by atoms with Crippen LogP contribution in [0.1, 0.15) is 37.8 Å². The Hall–Kier alpha value is -0.780. The van der Waals surface area contributed by atoms with Gasteiger partial charge in [-0.15, -0.1) is 0 Å². The van der Waals surface area contributed by atoms with Crippen LogP contribution in [0.4, 0.5) is 0 Å². The summed E-state index contributed by atoms with van der Waals surface area (Å²) in [5, 5.41) is 3.54. The van der Waals surface area contributed by atoms with Gasteiger partial charge in [0.15, 0.2) is 0 Å². The summed E-state index contributed by atoms with van der Waals surface area (Å²) in [6, 6.07) is 4.11. The second-order valence-corrected chi connectivity index (χ2v) is 6.02. The zero-order valence-corrected chi connectivity index (χ0v) is 14.5. The molecule has 21 heavy (non-hydrogen) atoms. The highest BCUT2D eigenvalue weighted by Gasteiger charge is 2.28. The van der Waals surface area contributed by atoms with E-state index in [1.165, 1.54) is 6.42 Å². The van der Waals surface area contributed by atoms with Crippen LogP contribution in [0.2, 0.25) is 0 Å². The van der Waals surface area contributed by atoms with Crippen LogP contribution in [0, 0.1) is 0 Å². The number of hydrogen-bond acceptors (Lipinski definition) is 4. The highest BCUT2D eigenvalue weighted by atomic mass is 79.9. The largest absolute Gasteiger partial charge is 0.496 e. The Labute approximate surface area is 135 Å². The Balaban J connectivity index is 2.37. The van der Waals surface area contributed by atoms with Crippen LogP contribution in [0.25, 0.3) is 0 Å². The molecule has 1 aromatic rings. The van der Waals surface area contributed by atoms with Crippen molar-refractivity contribution in [3.63, 3.8) is 0 Å². The van der Waals surface area contributed by atoms with Gasteiger partial charge in [-0.3, -0.25) is 0 Å². The van der Waals surface area contributed by atoms with Gasteiger partial charge >= 0.3 is 0 Å². The first-order valence-electron chi connectivity index (χ1n) is 7.47. The third-order valence-corrected chi connectivity index (χ3v) is 4.47. The molecule has 1 aliphatic rings. The van der Waals surface area contributed by atoms with Crippen LogP contribution in [0.5, 0.6) is 11.5 Å².